The number of hydrogen-bond donors (Lipinski definition) is 0. The smallest absolute Gasteiger partial charge is 0.230 e. The lowest BCUT2D eigenvalue weighted by atomic mass is 9.84. The summed E-state index contributed by atoms with van der Waals surface area (Å²) in [5.41, 5.74) is 0.908. The number of ether oxygens (including phenoxy) is 1. The second-order valence-electron chi connectivity index (χ2n) is 7.07. The van der Waals surface area contributed by atoms with Crippen LogP contribution in [0.5, 0.6) is 0 Å². The number of rotatable bonds is 3. The quantitative estimate of drug-likeness (QED) is 0.849. The van der Waals surface area contributed by atoms with E-state index in [4.69, 9.17) is 4.74 Å². The first kappa shape index (κ1) is 16.4. The van der Waals surface area contributed by atoms with Crippen LogP contribution in [0.1, 0.15) is 51.0 Å². The van der Waals surface area contributed by atoms with Gasteiger partial charge in [-0.1, -0.05) is 38.8 Å². The Bertz CT molecular complexity index is 541. The molecule has 1 amide bonds. The average molecular weight is 319 g/mol. The van der Waals surface area contributed by atoms with Crippen LogP contribution < -0.4 is 0 Å². The van der Waals surface area contributed by atoms with E-state index in [-0.39, 0.29) is 35.7 Å². The molecule has 2 fully saturated rings. The van der Waals surface area contributed by atoms with E-state index < -0.39 is 0 Å². The molecule has 0 N–H and O–H groups in total. The number of benzene rings is 1. The van der Waals surface area contributed by atoms with Crippen LogP contribution in [0.25, 0.3) is 0 Å². The Morgan fingerprint density at radius 2 is 1.91 bits per heavy atom. The van der Waals surface area contributed by atoms with E-state index in [1.54, 1.807) is 12.1 Å². The van der Waals surface area contributed by atoms with E-state index in [9.17, 15) is 9.18 Å². The molecule has 2 aliphatic rings. The first-order valence-electron chi connectivity index (χ1n) is 8.75. The van der Waals surface area contributed by atoms with Crippen molar-refractivity contribution in [1.82, 2.24) is 4.90 Å². The Labute approximate surface area is 137 Å². The third-order valence-corrected chi connectivity index (χ3v) is 5.18. The van der Waals surface area contributed by atoms with Crippen molar-refractivity contribution in [3.63, 3.8) is 0 Å². The van der Waals surface area contributed by atoms with Crippen molar-refractivity contribution in [2.75, 3.05) is 13.2 Å². The van der Waals surface area contributed by atoms with Gasteiger partial charge in [-0.05, 0) is 36.5 Å². The summed E-state index contributed by atoms with van der Waals surface area (Å²) in [5, 5.41) is 0. The van der Waals surface area contributed by atoms with Crippen LogP contribution in [-0.2, 0) is 9.53 Å². The summed E-state index contributed by atoms with van der Waals surface area (Å²) >= 11 is 0. The van der Waals surface area contributed by atoms with Crippen molar-refractivity contribution in [2.24, 2.45) is 5.92 Å². The number of morpholine rings is 1. The van der Waals surface area contributed by atoms with Crippen molar-refractivity contribution < 1.29 is 13.9 Å². The minimum absolute atomic E-state index is 0.173. The van der Waals surface area contributed by atoms with Crippen LogP contribution in [0.15, 0.2) is 24.3 Å². The van der Waals surface area contributed by atoms with Crippen molar-refractivity contribution in [3.05, 3.63) is 35.6 Å². The number of nitrogens with zero attached hydrogens (tertiary/aromatic N) is 1. The Morgan fingerprint density at radius 3 is 2.61 bits per heavy atom. The molecule has 1 aromatic carbocycles. The molecule has 0 bridgehead atoms. The molecule has 0 radical (unpaired) electrons. The molecule has 3 nitrogen and oxygen atoms in total. The standard InChI is InChI=1S/C19H26FNO2/c1-13(2)18(14-7-9-15(20)10-8-14)19(22)21-11-12-23-17-6-4-3-5-16(17)21/h7-10,13,16-18H,3-6,11-12H2,1-2H3. The highest BCUT2D eigenvalue weighted by Crippen LogP contribution is 2.33. The highest BCUT2D eigenvalue weighted by molar-refractivity contribution is 5.84. The van der Waals surface area contributed by atoms with Crippen LogP contribution in [0.2, 0.25) is 0 Å². The lowest BCUT2D eigenvalue weighted by Crippen LogP contribution is -2.56. The predicted molar refractivity (Wildman–Crippen MR) is 87.7 cm³/mol. The Hall–Kier alpha value is -1.42. The third-order valence-electron chi connectivity index (χ3n) is 5.18. The lowest BCUT2D eigenvalue weighted by molar-refractivity contribution is -0.152. The molecule has 0 aromatic heterocycles. The van der Waals surface area contributed by atoms with Crippen LogP contribution in [-0.4, -0.2) is 36.1 Å². The van der Waals surface area contributed by atoms with E-state index >= 15 is 0 Å². The van der Waals surface area contributed by atoms with Gasteiger partial charge in [0, 0.05) is 6.54 Å². The largest absolute Gasteiger partial charge is 0.374 e. The van der Waals surface area contributed by atoms with Gasteiger partial charge in [0.2, 0.25) is 5.91 Å². The SMILES string of the molecule is CC(C)C(C(=O)N1CCOC2CCCCC21)c1ccc(F)cc1. The maximum atomic E-state index is 13.3. The Kier molecular flexibility index (Phi) is 5.00. The van der Waals surface area contributed by atoms with Gasteiger partial charge in [0.05, 0.1) is 24.7 Å². The van der Waals surface area contributed by atoms with Gasteiger partial charge < -0.3 is 9.64 Å². The number of amides is 1. The van der Waals surface area contributed by atoms with Crippen molar-refractivity contribution in [1.29, 1.82) is 0 Å². The molecule has 1 aliphatic carbocycles. The summed E-state index contributed by atoms with van der Waals surface area (Å²) in [5.74, 6) is -0.122. The third kappa shape index (κ3) is 3.42. The molecular formula is C19H26FNO2. The number of carbonyl (C=O) groups excluding carboxylic acids is 1. The van der Waals surface area contributed by atoms with Crippen LogP contribution in [0, 0.1) is 11.7 Å². The molecular weight excluding hydrogens is 293 g/mol. The van der Waals surface area contributed by atoms with Gasteiger partial charge in [-0.2, -0.15) is 0 Å². The van der Waals surface area contributed by atoms with Gasteiger partial charge >= 0.3 is 0 Å². The minimum atomic E-state index is -0.262. The zero-order chi connectivity index (χ0) is 16.4. The Balaban J connectivity index is 1.84. The normalized spacial score (nSPS) is 26.0. The van der Waals surface area contributed by atoms with Gasteiger partial charge in [0.15, 0.2) is 0 Å². The lowest BCUT2D eigenvalue weighted by Gasteiger charge is -2.45. The second-order valence-corrected chi connectivity index (χ2v) is 7.07. The van der Waals surface area contributed by atoms with E-state index in [0.29, 0.717) is 13.2 Å². The molecule has 23 heavy (non-hydrogen) atoms. The monoisotopic (exact) mass is 319 g/mol. The maximum Gasteiger partial charge on any atom is 0.230 e. The van der Waals surface area contributed by atoms with Gasteiger partial charge in [-0.15, -0.1) is 0 Å². The summed E-state index contributed by atoms with van der Waals surface area (Å²) in [6, 6.07) is 6.60. The molecule has 1 aromatic rings. The second kappa shape index (κ2) is 7.00. The first-order chi connectivity index (χ1) is 11.1. The van der Waals surface area contributed by atoms with E-state index in [2.05, 4.69) is 13.8 Å². The predicted octanol–water partition coefficient (Wildman–Crippen LogP) is 3.74. The fourth-order valence-corrected chi connectivity index (χ4v) is 4.03. The van der Waals surface area contributed by atoms with Gasteiger partial charge in [-0.25, -0.2) is 4.39 Å². The summed E-state index contributed by atoms with van der Waals surface area (Å²) < 4.78 is 19.1. The summed E-state index contributed by atoms with van der Waals surface area (Å²) in [6.45, 7) is 5.42. The molecule has 3 atom stereocenters. The van der Waals surface area contributed by atoms with Gasteiger partial charge in [0.1, 0.15) is 5.82 Å². The van der Waals surface area contributed by atoms with Crippen LogP contribution in [0.3, 0.4) is 0 Å². The van der Waals surface area contributed by atoms with Crippen molar-refractivity contribution in [3.8, 4) is 0 Å². The molecule has 1 saturated heterocycles. The van der Waals surface area contributed by atoms with E-state index in [1.165, 1.54) is 18.6 Å². The highest BCUT2D eigenvalue weighted by Gasteiger charge is 2.39. The van der Waals surface area contributed by atoms with Gasteiger partial charge in [0.25, 0.3) is 0 Å². The number of fused-ring (bicyclic) bond motifs is 1. The number of halogens is 1. The van der Waals surface area contributed by atoms with E-state index in [1.807, 2.05) is 4.90 Å². The van der Waals surface area contributed by atoms with Crippen LogP contribution in [0.4, 0.5) is 4.39 Å². The van der Waals surface area contributed by atoms with Crippen LogP contribution >= 0.6 is 0 Å². The minimum Gasteiger partial charge on any atom is -0.374 e. The van der Waals surface area contributed by atoms with E-state index in [0.717, 1.165) is 24.8 Å². The molecule has 1 aliphatic heterocycles. The summed E-state index contributed by atoms with van der Waals surface area (Å²) in [7, 11) is 0. The molecule has 1 heterocycles. The molecule has 3 rings (SSSR count). The molecule has 3 unspecified atom stereocenters. The van der Waals surface area contributed by atoms with Crippen molar-refractivity contribution >= 4 is 5.91 Å². The van der Waals surface area contributed by atoms with Crippen molar-refractivity contribution in [2.45, 2.75) is 57.6 Å². The Morgan fingerprint density at radius 1 is 1.22 bits per heavy atom. The topological polar surface area (TPSA) is 29.5 Å². The molecule has 126 valence electrons. The first-order valence-corrected chi connectivity index (χ1v) is 8.75. The zero-order valence-corrected chi connectivity index (χ0v) is 14.0. The molecule has 4 heteroatoms. The number of hydrogen-bond acceptors (Lipinski definition) is 2. The van der Waals surface area contributed by atoms with Gasteiger partial charge in [-0.3, -0.25) is 4.79 Å². The summed E-state index contributed by atoms with van der Waals surface area (Å²) in [4.78, 5) is 15.3. The zero-order valence-electron chi connectivity index (χ0n) is 14.0. The summed E-state index contributed by atoms with van der Waals surface area (Å²) in [6.07, 6.45) is 4.64. The molecule has 0 spiro atoms. The average Bonchev–Trinajstić information content (AvgIpc) is 2.56. The molecule has 1 saturated carbocycles. The maximum absolute atomic E-state index is 13.3. The highest BCUT2D eigenvalue weighted by atomic mass is 19.1. The fraction of sp³-hybridized carbons (Fsp3) is 0.632. The fourth-order valence-electron chi connectivity index (χ4n) is 4.03. The number of carbonyl (C=O) groups is 1.